The predicted molar refractivity (Wildman–Crippen MR) is 73.6 cm³/mol. The third-order valence-electron chi connectivity index (χ3n) is 2.87. The first-order valence-corrected chi connectivity index (χ1v) is 6.28. The molecule has 1 aromatic carbocycles. The van der Waals surface area contributed by atoms with Gasteiger partial charge in [0.1, 0.15) is 23.3 Å². The number of aromatic amines is 1. The molecule has 1 heterocycles. The average molecular weight is 346 g/mol. The number of nitrogens with one attached hydrogen (secondary N) is 1. The molecule has 0 fully saturated rings. The van der Waals surface area contributed by atoms with Gasteiger partial charge in [-0.2, -0.15) is 14.0 Å². The van der Waals surface area contributed by atoms with Crippen molar-refractivity contribution in [2.24, 2.45) is 0 Å². The monoisotopic (exact) mass is 345 g/mol. The predicted octanol–water partition coefficient (Wildman–Crippen LogP) is 1.83. The fourth-order valence-electron chi connectivity index (χ4n) is 1.84. The second-order valence-electron chi connectivity index (χ2n) is 4.28. The Labute approximate surface area is 131 Å². The molecule has 0 aliphatic carbocycles. The first-order valence-electron chi connectivity index (χ1n) is 5.90. The Morgan fingerprint density at radius 3 is 2.48 bits per heavy atom. The quantitative estimate of drug-likeness (QED) is 0.860. The van der Waals surface area contributed by atoms with Crippen LogP contribution in [0.5, 0.6) is 5.75 Å². The summed E-state index contributed by atoms with van der Waals surface area (Å²) in [7, 11) is 1.17. The highest BCUT2D eigenvalue weighted by atomic mass is 35.5. The Balaban J connectivity index is 2.79. The van der Waals surface area contributed by atoms with Crippen molar-refractivity contribution in [2.75, 3.05) is 7.11 Å². The zero-order valence-electron chi connectivity index (χ0n) is 11.4. The van der Waals surface area contributed by atoms with E-state index in [0.717, 1.165) is 6.07 Å². The maximum atomic E-state index is 13.7. The first kappa shape index (κ1) is 16.6. The second-order valence-corrected chi connectivity index (χ2v) is 4.75. The molecule has 10 heteroatoms. The molecule has 0 saturated carbocycles. The molecule has 0 saturated heterocycles. The number of ether oxygens (including phenoxy) is 1. The van der Waals surface area contributed by atoms with Crippen LogP contribution in [-0.4, -0.2) is 16.7 Å². The highest BCUT2D eigenvalue weighted by molar-refractivity contribution is 6.21. The molecule has 0 atom stereocenters. The Bertz CT molecular complexity index is 894. The van der Waals surface area contributed by atoms with Crippen molar-refractivity contribution < 1.29 is 17.9 Å². The van der Waals surface area contributed by atoms with Gasteiger partial charge >= 0.3 is 11.1 Å². The van der Waals surface area contributed by atoms with Crippen molar-refractivity contribution in [3.8, 4) is 17.5 Å². The highest BCUT2D eigenvalue weighted by Crippen LogP contribution is 2.29. The standard InChI is InChI=1S/C13H7ClF3N3O3/c1-23-9-2-6(5-18)7(15)3-8(9)20-11(21)4-10(13(14,16)17)19-12(20)22/h2-4H,1H3,(H,19,22). The van der Waals surface area contributed by atoms with Crippen LogP contribution in [0.15, 0.2) is 27.8 Å². The van der Waals surface area contributed by atoms with Crippen LogP contribution in [0.25, 0.3) is 5.69 Å². The molecule has 1 aromatic heterocycles. The molecule has 0 spiro atoms. The van der Waals surface area contributed by atoms with Gasteiger partial charge in [0, 0.05) is 18.2 Å². The molecule has 0 bridgehead atoms. The average Bonchev–Trinajstić information content (AvgIpc) is 2.45. The molecule has 2 rings (SSSR count). The van der Waals surface area contributed by atoms with E-state index in [-0.39, 0.29) is 17.0 Å². The SMILES string of the molecule is COc1cc(C#N)c(F)cc1-n1c(=O)cc(C(F)(F)Cl)[nH]c1=O. The summed E-state index contributed by atoms with van der Waals surface area (Å²) in [6, 6.07) is 3.66. The minimum absolute atomic E-state index is 0.166. The van der Waals surface area contributed by atoms with E-state index in [2.05, 4.69) is 0 Å². The van der Waals surface area contributed by atoms with E-state index in [1.807, 2.05) is 0 Å². The molecule has 2 aromatic rings. The number of halogens is 4. The lowest BCUT2D eigenvalue weighted by atomic mass is 10.2. The number of methoxy groups -OCH3 is 1. The number of rotatable bonds is 3. The van der Waals surface area contributed by atoms with Crippen LogP contribution < -0.4 is 16.0 Å². The fraction of sp³-hybridized carbons (Fsp3) is 0.154. The lowest BCUT2D eigenvalue weighted by molar-refractivity contribution is 0.0892. The summed E-state index contributed by atoms with van der Waals surface area (Å²) in [5, 5.41) is 4.81. The maximum absolute atomic E-state index is 13.7. The van der Waals surface area contributed by atoms with Gasteiger partial charge in [-0.1, -0.05) is 0 Å². The zero-order chi connectivity index (χ0) is 17.4. The van der Waals surface area contributed by atoms with E-state index in [4.69, 9.17) is 21.6 Å². The summed E-state index contributed by atoms with van der Waals surface area (Å²) in [5.74, 6) is -1.18. The summed E-state index contributed by atoms with van der Waals surface area (Å²) in [6.45, 7) is 0. The van der Waals surface area contributed by atoms with E-state index in [1.54, 1.807) is 11.1 Å². The van der Waals surface area contributed by atoms with Crippen molar-refractivity contribution in [2.45, 2.75) is 5.38 Å². The largest absolute Gasteiger partial charge is 0.495 e. The van der Waals surface area contributed by atoms with E-state index in [9.17, 15) is 22.8 Å². The molecule has 23 heavy (non-hydrogen) atoms. The third-order valence-corrected chi connectivity index (χ3v) is 3.07. The summed E-state index contributed by atoms with van der Waals surface area (Å²) in [6.07, 6.45) is 0. The van der Waals surface area contributed by atoms with Gasteiger partial charge in [0.15, 0.2) is 0 Å². The number of benzene rings is 1. The Morgan fingerprint density at radius 1 is 1.35 bits per heavy atom. The van der Waals surface area contributed by atoms with Gasteiger partial charge in [-0.3, -0.25) is 4.79 Å². The molecule has 6 nitrogen and oxygen atoms in total. The topological polar surface area (TPSA) is 87.9 Å². The van der Waals surface area contributed by atoms with Crippen molar-refractivity contribution >= 4 is 11.6 Å². The molecule has 0 aliphatic heterocycles. The lowest BCUT2D eigenvalue weighted by Gasteiger charge is -2.13. The fourth-order valence-corrected chi connectivity index (χ4v) is 1.94. The third kappa shape index (κ3) is 3.07. The minimum Gasteiger partial charge on any atom is -0.495 e. The molecule has 0 aliphatic rings. The number of alkyl halides is 3. The molecule has 0 amide bonds. The normalized spacial score (nSPS) is 11.1. The van der Waals surface area contributed by atoms with Gasteiger partial charge in [-0.25, -0.2) is 13.8 Å². The Morgan fingerprint density at radius 2 is 2.00 bits per heavy atom. The maximum Gasteiger partial charge on any atom is 0.362 e. The number of hydrogen-bond donors (Lipinski definition) is 1. The van der Waals surface area contributed by atoms with E-state index in [1.165, 1.54) is 7.11 Å². The van der Waals surface area contributed by atoms with Crippen LogP contribution in [0.2, 0.25) is 0 Å². The molecular weight excluding hydrogens is 339 g/mol. The highest BCUT2D eigenvalue weighted by Gasteiger charge is 2.30. The van der Waals surface area contributed by atoms with Gasteiger partial charge in [0.05, 0.1) is 18.4 Å². The van der Waals surface area contributed by atoms with Crippen molar-refractivity contribution in [1.82, 2.24) is 9.55 Å². The van der Waals surface area contributed by atoms with E-state index >= 15 is 0 Å². The summed E-state index contributed by atoms with van der Waals surface area (Å²) in [5.41, 5.74) is -4.26. The van der Waals surface area contributed by atoms with Crippen molar-refractivity contribution in [1.29, 1.82) is 5.26 Å². The van der Waals surface area contributed by atoms with E-state index in [0.29, 0.717) is 16.7 Å². The number of hydrogen-bond acceptors (Lipinski definition) is 4. The number of nitrogens with zero attached hydrogens (tertiary/aromatic N) is 2. The molecule has 0 radical (unpaired) electrons. The van der Waals surface area contributed by atoms with Gasteiger partial charge < -0.3 is 9.72 Å². The van der Waals surface area contributed by atoms with Crippen LogP contribution >= 0.6 is 11.6 Å². The summed E-state index contributed by atoms with van der Waals surface area (Å²) in [4.78, 5) is 25.6. The smallest absolute Gasteiger partial charge is 0.362 e. The molecule has 1 N–H and O–H groups in total. The number of nitriles is 1. The van der Waals surface area contributed by atoms with Crippen molar-refractivity contribution in [3.63, 3.8) is 0 Å². The Kier molecular flexibility index (Phi) is 4.20. The summed E-state index contributed by atoms with van der Waals surface area (Å²) < 4.78 is 45.0. The van der Waals surface area contributed by atoms with Crippen molar-refractivity contribution in [3.05, 3.63) is 56.1 Å². The molecule has 0 unspecified atom stereocenters. The number of H-pyrrole nitrogens is 1. The second kappa shape index (κ2) is 5.81. The van der Waals surface area contributed by atoms with Crippen LogP contribution in [0.4, 0.5) is 13.2 Å². The van der Waals surface area contributed by atoms with Crippen LogP contribution in [0, 0.1) is 17.1 Å². The van der Waals surface area contributed by atoms with Gasteiger partial charge in [0.25, 0.3) is 5.56 Å². The van der Waals surface area contributed by atoms with Crippen LogP contribution in [0.1, 0.15) is 11.3 Å². The van der Waals surface area contributed by atoms with Crippen LogP contribution in [-0.2, 0) is 5.38 Å². The minimum atomic E-state index is -3.95. The molecule has 120 valence electrons. The number of aromatic nitrogens is 2. The molecular formula is C13H7ClF3N3O3. The zero-order valence-corrected chi connectivity index (χ0v) is 12.1. The first-order chi connectivity index (χ1) is 10.7. The van der Waals surface area contributed by atoms with Gasteiger partial charge in [-0.05, 0) is 11.6 Å². The van der Waals surface area contributed by atoms with Gasteiger partial charge in [0.2, 0.25) is 0 Å². The Hall–Kier alpha value is -2.73. The van der Waals surface area contributed by atoms with E-state index < -0.39 is 28.1 Å². The lowest BCUT2D eigenvalue weighted by Crippen LogP contribution is -2.36. The van der Waals surface area contributed by atoms with Crippen LogP contribution in [0.3, 0.4) is 0 Å². The summed E-state index contributed by atoms with van der Waals surface area (Å²) >= 11 is 4.75. The van der Waals surface area contributed by atoms with Gasteiger partial charge in [-0.15, -0.1) is 0 Å².